The lowest BCUT2D eigenvalue weighted by atomic mass is 10.0. The molecule has 1 fully saturated rings. The predicted molar refractivity (Wildman–Crippen MR) is 108 cm³/mol. The Morgan fingerprint density at radius 1 is 1.18 bits per heavy atom. The Kier molecular flexibility index (Phi) is 6.59. The number of rotatable bonds is 7. The van der Waals surface area contributed by atoms with Crippen molar-refractivity contribution >= 4 is 27.5 Å². The Hall–Kier alpha value is -2.09. The molecule has 0 radical (unpaired) electrons. The SMILES string of the molecule is COc1ccc([C@H]2CCCN2C(=O)CCNS(=O)(=O)c2ccc(Cl)cc2)cc1. The zero-order valence-corrected chi connectivity index (χ0v) is 17.2. The van der Waals surface area contributed by atoms with Crippen LogP contribution in [0.3, 0.4) is 0 Å². The Morgan fingerprint density at radius 3 is 2.50 bits per heavy atom. The summed E-state index contributed by atoms with van der Waals surface area (Å²) in [7, 11) is -2.05. The summed E-state index contributed by atoms with van der Waals surface area (Å²) in [5.41, 5.74) is 1.06. The molecule has 2 aromatic carbocycles. The van der Waals surface area contributed by atoms with E-state index in [2.05, 4.69) is 4.72 Å². The van der Waals surface area contributed by atoms with Crippen LogP contribution in [-0.4, -0.2) is 39.4 Å². The largest absolute Gasteiger partial charge is 0.497 e. The molecule has 0 aromatic heterocycles. The van der Waals surface area contributed by atoms with E-state index >= 15 is 0 Å². The summed E-state index contributed by atoms with van der Waals surface area (Å²) in [4.78, 5) is 14.6. The lowest BCUT2D eigenvalue weighted by molar-refractivity contribution is -0.131. The van der Waals surface area contributed by atoms with E-state index in [9.17, 15) is 13.2 Å². The van der Waals surface area contributed by atoms with Crippen molar-refractivity contribution in [2.24, 2.45) is 0 Å². The number of benzene rings is 2. The third-order valence-corrected chi connectivity index (χ3v) is 6.56. The predicted octanol–water partition coefficient (Wildman–Crippen LogP) is 3.38. The maximum absolute atomic E-state index is 12.7. The molecular formula is C20H23ClN2O4S. The van der Waals surface area contributed by atoms with Gasteiger partial charge in [0.25, 0.3) is 0 Å². The van der Waals surface area contributed by atoms with E-state index in [1.54, 1.807) is 7.11 Å². The molecule has 8 heteroatoms. The summed E-state index contributed by atoms with van der Waals surface area (Å²) in [6.45, 7) is 0.731. The topological polar surface area (TPSA) is 75.7 Å². The lowest BCUT2D eigenvalue weighted by Gasteiger charge is -2.25. The quantitative estimate of drug-likeness (QED) is 0.742. The highest BCUT2D eigenvalue weighted by atomic mass is 35.5. The Bertz CT molecular complexity index is 914. The van der Waals surface area contributed by atoms with Gasteiger partial charge < -0.3 is 9.64 Å². The summed E-state index contributed by atoms with van der Waals surface area (Å²) < 4.78 is 32.3. The second kappa shape index (κ2) is 8.94. The molecule has 1 atom stereocenters. The van der Waals surface area contributed by atoms with Gasteiger partial charge in [-0.05, 0) is 54.8 Å². The molecule has 1 amide bonds. The van der Waals surface area contributed by atoms with Gasteiger partial charge in [0, 0.05) is 24.5 Å². The zero-order valence-electron chi connectivity index (χ0n) is 15.6. The second-order valence-corrected chi connectivity index (χ2v) is 8.82. The summed E-state index contributed by atoms with van der Waals surface area (Å²) in [6.07, 6.45) is 1.94. The van der Waals surface area contributed by atoms with Crippen molar-refractivity contribution < 1.29 is 17.9 Å². The van der Waals surface area contributed by atoms with E-state index in [-0.39, 0.29) is 29.8 Å². The fourth-order valence-electron chi connectivity index (χ4n) is 3.37. The van der Waals surface area contributed by atoms with Gasteiger partial charge in [0.1, 0.15) is 5.75 Å². The number of nitrogens with one attached hydrogen (secondary N) is 1. The van der Waals surface area contributed by atoms with Gasteiger partial charge in [0.05, 0.1) is 18.0 Å². The van der Waals surface area contributed by atoms with Crippen LogP contribution in [0, 0.1) is 0 Å². The first-order valence-electron chi connectivity index (χ1n) is 9.09. The van der Waals surface area contributed by atoms with Gasteiger partial charge >= 0.3 is 0 Å². The molecule has 0 saturated carbocycles. The average molecular weight is 423 g/mol. The van der Waals surface area contributed by atoms with Crippen molar-refractivity contribution in [2.75, 3.05) is 20.2 Å². The van der Waals surface area contributed by atoms with Crippen LogP contribution < -0.4 is 9.46 Å². The summed E-state index contributed by atoms with van der Waals surface area (Å²) in [5, 5.41) is 0.465. The minimum Gasteiger partial charge on any atom is -0.497 e. The summed E-state index contributed by atoms with van der Waals surface area (Å²) in [5.74, 6) is 0.716. The van der Waals surface area contributed by atoms with Crippen molar-refractivity contribution in [1.82, 2.24) is 9.62 Å². The highest BCUT2D eigenvalue weighted by Gasteiger charge is 2.29. The summed E-state index contributed by atoms with van der Waals surface area (Å²) >= 11 is 5.79. The number of halogens is 1. The summed E-state index contributed by atoms with van der Waals surface area (Å²) in [6, 6.07) is 13.6. The number of hydrogen-bond donors (Lipinski definition) is 1. The molecule has 1 N–H and O–H groups in total. The normalized spacial score (nSPS) is 16.9. The van der Waals surface area contributed by atoms with Gasteiger partial charge in [-0.2, -0.15) is 0 Å². The number of carbonyl (C=O) groups excluding carboxylic acids is 1. The number of hydrogen-bond acceptors (Lipinski definition) is 4. The van der Waals surface area contributed by atoms with E-state index in [0.717, 1.165) is 24.2 Å². The molecule has 3 rings (SSSR count). The number of carbonyl (C=O) groups is 1. The van der Waals surface area contributed by atoms with Gasteiger partial charge in [-0.15, -0.1) is 0 Å². The number of methoxy groups -OCH3 is 1. The first-order valence-corrected chi connectivity index (χ1v) is 11.0. The van der Waals surface area contributed by atoms with Gasteiger partial charge in [0.2, 0.25) is 15.9 Å². The van der Waals surface area contributed by atoms with E-state index < -0.39 is 10.0 Å². The van der Waals surface area contributed by atoms with Gasteiger partial charge in [-0.3, -0.25) is 4.79 Å². The molecule has 150 valence electrons. The van der Waals surface area contributed by atoms with Crippen LogP contribution in [0.15, 0.2) is 53.4 Å². The fraction of sp³-hybridized carbons (Fsp3) is 0.350. The highest BCUT2D eigenvalue weighted by molar-refractivity contribution is 7.89. The lowest BCUT2D eigenvalue weighted by Crippen LogP contribution is -2.34. The number of sulfonamides is 1. The monoisotopic (exact) mass is 422 g/mol. The van der Waals surface area contributed by atoms with E-state index in [1.165, 1.54) is 24.3 Å². The third kappa shape index (κ3) is 4.84. The van der Waals surface area contributed by atoms with Crippen LogP contribution >= 0.6 is 11.6 Å². The molecule has 6 nitrogen and oxygen atoms in total. The van der Waals surface area contributed by atoms with E-state index in [4.69, 9.17) is 16.3 Å². The molecule has 0 spiro atoms. The number of likely N-dealkylation sites (tertiary alicyclic amines) is 1. The minimum absolute atomic E-state index is 0.0197. The van der Waals surface area contributed by atoms with Crippen molar-refractivity contribution in [3.05, 3.63) is 59.1 Å². The van der Waals surface area contributed by atoms with Crippen molar-refractivity contribution in [1.29, 1.82) is 0 Å². The molecule has 0 aliphatic carbocycles. The fourth-order valence-corrected chi connectivity index (χ4v) is 4.53. The molecule has 28 heavy (non-hydrogen) atoms. The van der Waals surface area contributed by atoms with E-state index in [0.29, 0.717) is 11.6 Å². The minimum atomic E-state index is -3.66. The van der Waals surface area contributed by atoms with E-state index in [1.807, 2.05) is 29.2 Å². The second-order valence-electron chi connectivity index (χ2n) is 6.62. The van der Waals surface area contributed by atoms with Crippen molar-refractivity contribution in [2.45, 2.75) is 30.2 Å². The van der Waals surface area contributed by atoms with Crippen LogP contribution in [0.1, 0.15) is 30.9 Å². The maximum Gasteiger partial charge on any atom is 0.240 e. The van der Waals surface area contributed by atoms with Crippen LogP contribution in [0.2, 0.25) is 5.02 Å². The van der Waals surface area contributed by atoms with Crippen molar-refractivity contribution in [3.8, 4) is 5.75 Å². The first-order chi connectivity index (χ1) is 13.4. The Morgan fingerprint density at radius 2 is 1.86 bits per heavy atom. The molecule has 2 aromatic rings. The zero-order chi connectivity index (χ0) is 20.1. The Labute approximate surface area is 170 Å². The molecule has 1 heterocycles. The molecule has 1 aliphatic rings. The van der Waals surface area contributed by atoms with Crippen LogP contribution in [0.25, 0.3) is 0 Å². The van der Waals surface area contributed by atoms with Crippen LogP contribution in [0.4, 0.5) is 0 Å². The van der Waals surface area contributed by atoms with Crippen LogP contribution in [0.5, 0.6) is 5.75 Å². The number of nitrogens with zero attached hydrogens (tertiary/aromatic N) is 1. The molecule has 0 unspecified atom stereocenters. The molecule has 0 bridgehead atoms. The molecule has 1 aliphatic heterocycles. The third-order valence-electron chi connectivity index (χ3n) is 4.83. The van der Waals surface area contributed by atoms with Gasteiger partial charge in [-0.1, -0.05) is 23.7 Å². The first kappa shape index (κ1) is 20.6. The highest BCUT2D eigenvalue weighted by Crippen LogP contribution is 2.33. The molecule has 1 saturated heterocycles. The average Bonchev–Trinajstić information content (AvgIpc) is 3.18. The number of amides is 1. The van der Waals surface area contributed by atoms with Gasteiger partial charge in [-0.25, -0.2) is 13.1 Å². The molecular weight excluding hydrogens is 400 g/mol. The van der Waals surface area contributed by atoms with Gasteiger partial charge in [0.15, 0.2) is 0 Å². The smallest absolute Gasteiger partial charge is 0.240 e. The number of ether oxygens (including phenoxy) is 1. The maximum atomic E-state index is 12.7. The van der Waals surface area contributed by atoms with Crippen LogP contribution in [-0.2, 0) is 14.8 Å². The standard InChI is InChI=1S/C20H23ClN2O4S/c1-27-17-8-4-15(5-9-17)19-3-2-14-23(19)20(24)12-13-22-28(25,26)18-10-6-16(21)7-11-18/h4-11,19,22H,2-3,12-14H2,1H3/t19-/m1/s1. The van der Waals surface area contributed by atoms with Crippen molar-refractivity contribution in [3.63, 3.8) is 0 Å². The Balaban J connectivity index is 1.58.